The fourth-order valence-electron chi connectivity index (χ4n) is 3.19. The van der Waals surface area contributed by atoms with Crippen LogP contribution in [0.1, 0.15) is 24.0 Å². The number of carboxylic acids is 1. The van der Waals surface area contributed by atoms with Gasteiger partial charge >= 0.3 is 5.97 Å². The van der Waals surface area contributed by atoms with Gasteiger partial charge in [-0.05, 0) is 24.6 Å². The van der Waals surface area contributed by atoms with Crippen LogP contribution in [0.25, 0.3) is 0 Å². The highest BCUT2D eigenvalue weighted by molar-refractivity contribution is 5.94. The Labute approximate surface area is 219 Å². The van der Waals surface area contributed by atoms with Crippen molar-refractivity contribution < 1.29 is 33.9 Å². The number of nitrogens with one attached hydrogen (secondary N) is 5. The van der Waals surface area contributed by atoms with Crippen LogP contribution in [0, 0.1) is 6.92 Å². The number of amides is 5. The van der Waals surface area contributed by atoms with Gasteiger partial charge in [-0.1, -0.05) is 48.0 Å². The van der Waals surface area contributed by atoms with E-state index in [2.05, 4.69) is 26.6 Å². The number of rotatable bonds is 14. The number of hydrogen-bond acceptors (Lipinski definition) is 6. The maximum Gasteiger partial charge on any atom is 0.322 e. The molecule has 38 heavy (non-hydrogen) atoms. The molecule has 0 aliphatic carbocycles. The number of aliphatic carboxylic acids is 1. The Morgan fingerprint density at radius 1 is 0.711 bits per heavy atom. The minimum absolute atomic E-state index is 0.0729. The quantitative estimate of drug-likeness (QED) is 0.199. The topological polar surface area (TPSA) is 183 Å². The van der Waals surface area contributed by atoms with Crippen molar-refractivity contribution in [1.29, 1.82) is 0 Å². The molecule has 0 saturated carbocycles. The lowest BCUT2D eigenvalue weighted by molar-refractivity contribution is -0.138. The van der Waals surface area contributed by atoms with Gasteiger partial charge in [0.1, 0.15) is 12.6 Å². The molecule has 0 radical (unpaired) electrons. The molecule has 2 aromatic rings. The summed E-state index contributed by atoms with van der Waals surface area (Å²) >= 11 is 0. The van der Waals surface area contributed by atoms with Crippen LogP contribution in [0.4, 0.5) is 5.69 Å². The summed E-state index contributed by atoms with van der Waals surface area (Å²) in [6.45, 7) is 0.443. The molecule has 5 amide bonds. The molecule has 12 heteroatoms. The Morgan fingerprint density at radius 3 is 1.97 bits per heavy atom. The number of carboxylic acid groups (broad SMARTS) is 1. The molecule has 0 aromatic heterocycles. The Morgan fingerprint density at radius 2 is 1.32 bits per heavy atom. The number of benzene rings is 2. The van der Waals surface area contributed by atoms with Crippen molar-refractivity contribution in [2.24, 2.45) is 0 Å². The third kappa shape index (κ3) is 11.8. The van der Waals surface area contributed by atoms with E-state index in [0.29, 0.717) is 5.69 Å². The normalized spacial score (nSPS) is 11.0. The first-order valence-electron chi connectivity index (χ1n) is 11.8. The summed E-state index contributed by atoms with van der Waals surface area (Å²) in [5.74, 6) is -4.10. The van der Waals surface area contributed by atoms with Gasteiger partial charge in [0.05, 0.1) is 13.1 Å². The van der Waals surface area contributed by atoms with Gasteiger partial charge in [-0.2, -0.15) is 0 Å². The number of hydrogen-bond donors (Lipinski definition) is 6. The van der Waals surface area contributed by atoms with Crippen molar-refractivity contribution in [3.8, 4) is 0 Å². The second-order valence-electron chi connectivity index (χ2n) is 8.39. The molecule has 0 fully saturated rings. The summed E-state index contributed by atoms with van der Waals surface area (Å²) in [7, 11) is 0. The minimum atomic E-state index is -1.23. The van der Waals surface area contributed by atoms with Crippen molar-refractivity contribution in [2.75, 3.05) is 25.0 Å². The summed E-state index contributed by atoms with van der Waals surface area (Å²) < 4.78 is 0. The van der Waals surface area contributed by atoms with E-state index in [-0.39, 0.29) is 25.2 Å². The van der Waals surface area contributed by atoms with Crippen LogP contribution in [0.15, 0.2) is 54.6 Å². The average molecular weight is 526 g/mol. The van der Waals surface area contributed by atoms with Gasteiger partial charge in [-0.15, -0.1) is 0 Å². The fraction of sp³-hybridized carbons (Fsp3) is 0.308. The molecular weight excluding hydrogens is 494 g/mol. The molecule has 202 valence electrons. The van der Waals surface area contributed by atoms with E-state index < -0.39 is 55.3 Å². The van der Waals surface area contributed by atoms with Gasteiger partial charge in [0, 0.05) is 24.9 Å². The van der Waals surface area contributed by atoms with Gasteiger partial charge in [0.2, 0.25) is 29.5 Å². The van der Waals surface area contributed by atoms with E-state index >= 15 is 0 Å². The number of anilines is 1. The van der Waals surface area contributed by atoms with Crippen molar-refractivity contribution in [2.45, 2.75) is 32.2 Å². The van der Waals surface area contributed by atoms with Gasteiger partial charge < -0.3 is 31.7 Å². The summed E-state index contributed by atoms with van der Waals surface area (Å²) in [5.41, 5.74) is 2.40. The molecule has 0 aliphatic rings. The first-order valence-corrected chi connectivity index (χ1v) is 11.8. The van der Waals surface area contributed by atoms with E-state index in [1.54, 1.807) is 42.5 Å². The third-order valence-electron chi connectivity index (χ3n) is 5.15. The molecular formula is C26H31N5O7. The zero-order chi connectivity index (χ0) is 27.9. The van der Waals surface area contributed by atoms with E-state index in [0.717, 1.165) is 11.1 Å². The number of carbonyl (C=O) groups excluding carboxylic acids is 5. The van der Waals surface area contributed by atoms with E-state index in [1.165, 1.54) is 0 Å². The molecule has 0 unspecified atom stereocenters. The largest absolute Gasteiger partial charge is 0.480 e. The van der Waals surface area contributed by atoms with Crippen molar-refractivity contribution in [3.05, 3.63) is 65.7 Å². The zero-order valence-corrected chi connectivity index (χ0v) is 20.9. The van der Waals surface area contributed by atoms with Gasteiger partial charge in [0.25, 0.3) is 0 Å². The highest BCUT2D eigenvalue weighted by Gasteiger charge is 2.22. The Balaban J connectivity index is 1.72. The van der Waals surface area contributed by atoms with Gasteiger partial charge in [0.15, 0.2) is 0 Å². The summed E-state index contributed by atoms with van der Waals surface area (Å²) in [6, 6.07) is 14.9. The molecule has 0 saturated heterocycles. The average Bonchev–Trinajstić information content (AvgIpc) is 2.89. The lowest BCUT2D eigenvalue weighted by atomic mass is 10.1. The molecule has 1 atom stereocenters. The highest BCUT2D eigenvalue weighted by atomic mass is 16.4. The molecule has 0 spiro atoms. The minimum Gasteiger partial charge on any atom is -0.480 e. The van der Waals surface area contributed by atoms with Gasteiger partial charge in [-0.25, -0.2) is 0 Å². The van der Waals surface area contributed by atoms with Crippen LogP contribution < -0.4 is 26.6 Å². The van der Waals surface area contributed by atoms with Crippen LogP contribution in [0.3, 0.4) is 0 Å². The van der Waals surface area contributed by atoms with Crippen LogP contribution in [0.2, 0.25) is 0 Å². The lowest BCUT2D eigenvalue weighted by Gasteiger charge is -2.18. The second-order valence-corrected chi connectivity index (χ2v) is 8.39. The predicted molar refractivity (Wildman–Crippen MR) is 138 cm³/mol. The Bertz CT molecular complexity index is 1140. The maximum atomic E-state index is 12.4. The molecule has 0 heterocycles. The van der Waals surface area contributed by atoms with Crippen LogP contribution in [-0.2, 0) is 35.2 Å². The molecule has 2 rings (SSSR count). The number of aryl methyl sites for hydroxylation is 1. The third-order valence-corrected chi connectivity index (χ3v) is 5.15. The molecule has 6 N–H and O–H groups in total. The van der Waals surface area contributed by atoms with Crippen LogP contribution in [0.5, 0.6) is 0 Å². The second kappa shape index (κ2) is 15.4. The first-order chi connectivity index (χ1) is 18.1. The molecule has 12 nitrogen and oxygen atoms in total. The molecule has 0 aliphatic heterocycles. The number of carbonyl (C=O) groups is 6. The van der Waals surface area contributed by atoms with Gasteiger partial charge in [-0.3, -0.25) is 28.8 Å². The highest BCUT2D eigenvalue weighted by Crippen LogP contribution is 2.09. The standard InChI is InChI=1S/C26H31N5O7/c1-17-7-9-19(10-8-17)30-22(33)12-11-21(32)27-14-23(34)28-15-24(35)31-20(26(38)29-16-25(36)37)13-18-5-3-2-4-6-18/h2-10,20H,11-16H2,1H3,(H,27,32)(H,28,34)(H,29,38)(H,30,33)(H,31,35)(H,36,37)/t20-/m1/s1. The van der Waals surface area contributed by atoms with E-state index in [4.69, 9.17) is 5.11 Å². The molecule has 2 aromatic carbocycles. The summed E-state index contributed by atoms with van der Waals surface area (Å²) in [5, 5.41) is 20.9. The summed E-state index contributed by atoms with van der Waals surface area (Å²) in [6.07, 6.45) is -0.0892. The summed E-state index contributed by atoms with van der Waals surface area (Å²) in [4.78, 5) is 71.4. The first kappa shape index (κ1) is 29.5. The fourth-order valence-corrected chi connectivity index (χ4v) is 3.19. The maximum absolute atomic E-state index is 12.4. The lowest BCUT2D eigenvalue weighted by Crippen LogP contribution is -2.51. The zero-order valence-electron chi connectivity index (χ0n) is 20.9. The van der Waals surface area contributed by atoms with Crippen molar-refractivity contribution in [3.63, 3.8) is 0 Å². The van der Waals surface area contributed by atoms with Crippen LogP contribution >= 0.6 is 0 Å². The SMILES string of the molecule is Cc1ccc(NC(=O)CCC(=O)NCC(=O)NCC(=O)N[C@H](Cc2ccccc2)C(=O)NCC(=O)O)cc1. The van der Waals surface area contributed by atoms with Crippen LogP contribution in [-0.4, -0.2) is 66.3 Å². The Kier molecular flexibility index (Phi) is 11.9. The smallest absolute Gasteiger partial charge is 0.322 e. The van der Waals surface area contributed by atoms with E-state index in [9.17, 15) is 28.8 Å². The van der Waals surface area contributed by atoms with Crippen molar-refractivity contribution in [1.82, 2.24) is 21.3 Å². The monoisotopic (exact) mass is 525 g/mol. The van der Waals surface area contributed by atoms with Crippen molar-refractivity contribution >= 4 is 41.2 Å². The Hall–Kier alpha value is -4.74. The van der Waals surface area contributed by atoms with E-state index in [1.807, 2.05) is 19.1 Å². The molecule has 0 bridgehead atoms. The predicted octanol–water partition coefficient (Wildman–Crippen LogP) is -0.126.